The van der Waals surface area contributed by atoms with Crippen molar-refractivity contribution in [2.75, 3.05) is 32.7 Å². The fourth-order valence-corrected chi connectivity index (χ4v) is 3.95. The lowest BCUT2D eigenvalue weighted by molar-refractivity contribution is 0.264. The van der Waals surface area contributed by atoms with Crippen molar-refractivity contribution in [1.82, 2.24) is 14.5 Å². The van der Waals surface area contributed by atoms with Crippen molar-refractivity contribution in [2.45, 2.75) is 11.8 Å². The maximum atomic E-state index is 12.6. The van der Waals surface area contributed by atoms with Gasteiger partial charge in [-0.1, -0.05) is 23.8 Å². The van der Waals surface area contributed by atoms with E-state index in [0.717, 1.165) is 5.56 Å². The lowest BCUT2D eigenvalue weighted by Crippen LogP contribution is -2.53. The predicted octanol–water partition coefficient (Wildman–Crippen LogP) is 1.36. The van der Waals surface area contributed by atoms with Gasteiger partial charge in [-0.3, -0.25) is 0 Å². The molecule has 5 nitrogen and oxygen atoms in total. The van der Waals surface area contributed by atoms with Crippen LogP contribution < -0.4 is 5.32 Å². The smallest absolute Gasteiger partial charge is 0.243 e. The Morgan fingerprint density at radius 1 is 1.27 bits per heavy atom. The van der Waals surface area contributed by atoms with Crippen LogP contribution >= 0.6 is 12.2 Å². The molecule has 1 aliphatic rings. The zero-order chi connectivity index (χ0) is 16.2. The molecule has 0 bridgehead atoms. The summed E-state index contributed by atoms with van der Waals surface area (Å²) in [5.41, 5.74) is 1.04. The molecule has 7 heteroatoms. The third-order valence-electron chi connectivity index (χ3n) is 3.58. The van der Waals surface area contributed by atoms with E-state index < -0.39 is 10.0 Å². The third kappa shape index (κ3) is 3.85. The van der Waals surface area contributed by atoms with Crippen molar-refractivity contribution in [2.24, 2.45) is 0 Å². The van der Waals surface area contributed by atoms with Gasteiger partial charge in [0.05, 0.1) is 4.90 Å². The van der Waals surface area contributed by atoms with Crippen LogP contribution in [0.2, 0.25) is 0 Å². The monoisotopic (exact) mass is 339 g/mol. The molecule has 120 valence electrons. The second-order valence-electron chi connectivity index (χ2n) is 5.18. The number of sulfonamides is 1. The van der Waals surface area contributed by atoms with Crippen LogP contribution in [0.5, 0.6) is 0 Å². The van der Waals surface area contributed by atoms with E-state index in [4.69, 9.17) is 12.2 Å². The van der Waals surface area contributed by atoms with E-state index in [9.17, 15) is 8.42 Å². The van der Waals surface area contributed by atoms with Crippen LogP contribution in [0.15, 0.2) is 41.8 Å². The highest BCUT2D eigenvalue weighted by Crippen LogP contribution is 2.18. The Labute approximate surface area is 137 Å². The van der Waals surface area contributed by atoms with Crippen molar-refractivity contribution in [3.8, 4) is 0 Å². The number of nitrogens with one attached hydrogen (secondary N) is 1. The first-order chi connectivity index (χ1) is 10.4. The maximum Gasteiger partial charge on any atom is 0.243 e. The SMILES string of the molecule is C=CCNC(=S)N1CCN(S(=O)(=O)c2ccc(C)cc2)CC1. The Kier molecular flexibility index (Phi) is 5.55. The number of thiocarbonyl (C=S) groups is 1. The number of benzene rings is 1. The minimum atomic E-state index is -3.42. The molecule has 1 saturated heterocycles. The molecule has 0 unspecified atom stereocenters. The zero-order valence-electron chi connectivity index (χ0n) is 12.7. The fraction of sp³-hybridized carbons (Fsp3) is 0.400. The predicted molar refractivity (Wildman–Crippen MR) is 92.3 cm³/mol. The molecule has 2 rings (SSSR count). The summed E-state index contributed by atoms with van der Waals surface area (Å²) in [6.45, 7) is 8.24. The molecule has 0 spiro atoms. The fourth-order valence-electron chi connectivity index (χ4n) is 2.26. The molecule has 1 aromatic carbocycles. The highest BCUT2D eigenvalue weighted by atomic mass is 32.2. The molecule has 1 N–H and O–H groups in total. The largest absolute Gasteiger partial charge is 0.359 e. The average Bonchev–Trinajstić information content (AvgIpc) is 2.53. The Morgan fingerprint density at radius 2 is 1.86 bits per heavy atom. The molecular weight excluding hydrogens is 318 g/mol. The Bertz CT molecular complexity index is 633. The molecule has 0 radical (unpaired) electrons. The summed E-state index contributed by atoms with van der Waals surface area (Å²) in [5.74, 6) is 0. The van der Waals surface area contributed by atoms with E-state index in [1.54, 1.807) is 18.2 Å². The number of rotatable bonds is 4. The van der Waals surface area contributed by atoms with Crippen LogP contribution in [0.25, 0.3) is 0 Å². The summed E-state index contributed by atoms with van der Waals surface area (Å²) < 4.78 is 26.7. The molecule has 0 aromatic heterocycles. The number of piperazine rings is 1. The summed E-state index contributed by atoms with van der Waals surface area (Å²) in [4.78, 5) is 2.33. The highest BCUT2D eigenvalue weighted by molar-refractivity contribution is 7.89. The van der Waals surface area contributed by atoms with Crippen molar-refractivity contribution >= 4 is 27.4 Å². The molecule has 0 amide bonds. The van der Waals surface area contributed by atoms with Gasteiger partial charge in [0, 0.05) is 32.7 Å². The second kappa shape index (κ2) is 7.21. The van der Waals surface area contributed by atoms with Crippen molar-refractivity contribution in [1.29, 1.82) is 0 Å². The minimum absolute atomic E-state index is 0.346. The van der Waals surface area contributed by atoms with E-state index in [-0.39, 0.29) is 0 Å². The van der Waals surface area contributed by atoms with E-state index >= 15 is 0 Å². The molecule has 0 atom stereocenters. The number of hydrogen-bond acceptors (Lipinski definition) is 3. The first-order valence-electron chi connectivity index (χ1n) is 7.15. The first kappa shape index (κ1) is 16.9. The molecule has 0 saturated carbocycles. The van der Waals surface area contributed by atoms with Crippen molar-refractivity contribution in [3.63, 3.8) is 0 Å². The van der Waals surface area contributed by atoms with Gasteiger partial charge in [0.1, 0.15) is 0 Å². The summed E-state index contributed by atoms with van der Waals surface area (Å²) >= 11 is 5.28. The molecule has 22 heavy (non-hydrogen) atoms. The third-order valence-corrected chi connectivity index (χ3v) is 5.90. The van der Waals surface area contributed by atoms with Crippen LogP contribution in [0.1, 0.15) is 5.56 Å². The van der Waals surface area contributed by atoms with Gasteiger partial charge < -0.3 is 10.2 Å². The topological polar surface area (TPSA) is 52.6 Å². The van der Waals surface area contributed by atoms with Crippen molar-refractivity contribution < 1.29 is 8.42 Å². The van der Waals surface area contributed by atoms with Gasteiger partial charge in [-0.15, -0.1) is 6.58 Å². The van der Waals surface area contributed by atoms with Crippen LogP contribution in [0.4, 0.5) is 0 Å². The molecule has 1 aliphatic heterocycles. The molecular formula is C15H21N3O2S2. The van der Waals surface area contributed by atoms with E-state index in [0.29, 0.717) is 42.7 Å². The number of hydrogen-bond donors (Lipinski definition) is 1. The normalized spacial score (nSPS) is 16.3. The summed E-state index contributed by atoms with van der Waals surface area (Å²) in [6, 6.07) is 6.95. The van der Waals surface area contributed by atoms with Crippen LogP contribution in [-0.2, 0) is 10.0 Å². The van der Waals surface area contributed by atoms with E-state index in [1.165, 1.54) is 4.31 Å². The van der Waals surface area contributed by atoms with Crippen LogP contribution in [0.3, 0.4) is 0 Å². The van der Waals surface area contributed by atoms with Gasteiger partial charge in [-0.25, -0.2) is 8.42 Å². The Morgan fingerprint density at radius 3 is 2.41 bits per heavy atom. The second-order valence-corrected chi connectivity index (χ2v) is 7.50. The summed E-state index contributed by atoms with van der Waals surface area (Å²) in [6.07, 6.45) is 1.74. The standard InChI is InChI=1S/C15H21N3O2S2/c1-3-8-16-15(21)17-9-11-18(12-10-17)22(19,20)14-6-4-13(2)5-7-14/h3-7H,1,8-12H2,2H3,(H,16,21). The van der Waals surface area contributed by atoms with Gasteiger partial charge >= 0.3 is 0 Å². The van der Waals surface area contributed by atoms with Crippen LogP contribution in [-0.4, -0.2) is 55.5 Å². The van der Waals surface area contributed by atoms with Crippen LogP contribution in [0, 0.1) is 6.92 Å². The maximum absolute atomic E-state index is 12.6. The van der Waals surface area contributed by atoms with E-state index in [2.05, 4.69) is 11.9 Å². The minimum Gasteiger partial charge on any atom is -0.359 e. The molecule has 0 aliphatic carbocycles. The van der Waals surface area contributed by atoms with Crippen molar-refractivity contribution in [3.05, 3.63) is 42.5 Å². The average molecular weight is 339 g/mol. The quantitative estimate of drug-likeness (QED) is 0.663. The highest BCUT2D eigenvalue weighted by Gasteiger charge is 2.28. The number of nitrogens with zero attached hydrogens (tertiary/aromatic N) is 2. The zero-order valence-corrected chi connectivity index (χ0v) is 14.3. The van der Waals surface area contributed by atoms with E-state index in [1.807, 2.05) is 24.0 Å². The molecule has 1 fully saturated rings. The Hall–Kier alpha value is -1.44. The first-order valence-corrected chi connectivity index (χ1v) is 9.00. The van der Waals surface area contributed by atoms with Gasteiger partial charge in [0.25, 0.3) is 0 Å². The number of aryl methyl sites for hydroxylation is 1. The lowest BCUT2D eigenvalue weighted by atomic mass is 10.2. The Balaban J connectivity index is 2.00. The van der Waals surface area contributed by atoms with Gasteiger partial charge in [0.15, 0.2) is 5.11 Å². The lowest BCUT2D eigenvalue weighted by Gasteiger charge is -2.35. The van der Waals surface area contributed by atoms with Gasteiger partial charge in [-0.2, -0.15) is 4.31 Å². The summed E-state index contributed by atoms with van der Waals surface area (Å²) in [5, 5.41) is 3.71. The van der Waals surface area contributed by atoms with Gasteiger partial charge in [-0.05, 0) is 31.3 Å². The van der Waals surface area contributed by atoms with Gasteiger partial charge in [0.2, 0.25) is 10.0 Å². The molecule has 1 aromatic rings. The molecule has 1 heterocycles. The summed E-state index contributed by atoms with van der Waals surface area (Å²) in [7, 11) is -3.42.